The predicted molar refractivity (Wildman–Crippen MR) is 336 cm³/mol. The van der Waals surface area contributed by atoms with Gasteiger partial charge >= 0.3 is 23.9 Å². The SMILES string of the molecule is CC(C)(CS(=O)(=O)O)NC(=O)CCN(c1nc(Nc2ccccc2)nc(Nc2ccc(/C=C/c3ccc(Nc4nc(Nc5ccccc5)nc(N(CCC(=O)NC(C)(C)CS(=O)(=O)O)C(CC(=O)O)C(=O)O)n4)cc3S(=O)(=O)O)c(S(=O)(=O)O)c2)n1)C(CC(=O)O)C(=O)O. The first-order valence-electron chi connectivity index (χ1n) is 27.2. The molecular weight excluding hydrogens is 1320 g/mol. The average Bonchev–Trinajstić information content (AvgIpc) is 0.807. The molecule has 0 aliphatic carbocycles. The lowest BCUT2D eigenvalue weighted by Gasteiger charge is -2.29. The number of anilines is 10. The molecule has 0 radical (unpaired) electrons. The molecule has 94 heavy (non-hydrogen) atoms. The fraction of sp³-hybridized carbons (Fsp3) is 0.296. The van der Waals surface area contributed by atoms with E-state index in [1.54, 1.807) is 60.7 Å². The summed E-state index contributed by atoms with van der Waals surface area (Å²) in [4.78, 5) is 102. The number of para-hydroxylation sites is 2. The molecule has 2 heterocycles. The summed E-state index contributed by atoms with van der Waals surface area (Å²) < 4.78 is 139. The van der Waals surface area contributed by atoms with Crippen molar-refractivity contribution in [1.82, 2.24) is 40.5 Å². The lowest BCUT2D eigenvalue weighted by molar-refractivity contribution is -0.145. The van der Waals surface area contributed by atoms with E-state index in [-0.39, 0.29) is 34.4 Å². The van der Waals surface area contributed by atoms with Gasteiger partial charge in [-0.3, -0.25) is 37.4 Å². The number of hydrogen-bond donors (Lipinski definition) is 14. The summed E-state index contributed by atoms with van der Waals surface area (Å²) in [6.45, 7) is 3.82. The molecule has 0 saturated carbocycles. The Hall–Kier alpha value is -10.1. The Morgan fingerprint density at radius 3 is 1.04 bits per heavy atom. The number of aromatic nitrogens is 6. The Labute approximate surface area is 536 Å². The molecule has 2 aromatic heterocycles. The number of carbonyl (C=O) groups excluding carboxylic acids is 2. The van der Waals surface area contributed by atoms with Gasteiger partial charge in [0.2, 0.25) is 47.5 Å². The molecule has 2 amide bonds. The summed E-state index contributed by atoms with van der Waals surface area (Å²) >= 11 is 0. The molecule has 14 N–H and O–H groups in total. The zero-order chi connectivity index (χ0) is 69.7. The van der Waals surface area contributed by atoms with Crippen molar-refractivity contribution in [3.63, 3.8) is 0 Å². The molecular formula is C54H62N14O22S4. The molecule has 4 aromatic carbocycles. The van der Waals surface area contributed by atoms with E-state index in [1.807, 2.05) is 0 Å². The highest BCUT2D eigenvalue weighted by Crippen LogP contribution is 2.31. The molecule has 2 unspecified atom stereocenters. The van der Waals surface area contributed by atoms with Crippen molar-refractivity contribution < 1.29 is 101 Å². The average molecular weight is 1390 g/mol. The van der Waals surface area contributed by atoms with Gasteiger partial charge in [-0.25, -0.2) is 9.59 Å². The Morgan fingerprint density at radius 2 is 0.766 bits per heavy atom. The third kappa shape index (κ3) is 22.9. The first-order chi connectivity index (χ1) is 43.6. The fourth-order valence-corrected chi connectivity index (χ4v) is 12.4. The lowest BCUT2D eigenvalue weighted by atomic mass is 10.1. The van der Waals surface area contributed by atoms with Crippen molar-refractivity contribution in [2.75, 3.05) is 55.7 Å². The van der Waals surface area contributed by atoms with E-state index in [0.717, 1.165) is 46.2 Å². The van der Waals surface area contributed by atoms with E-state index in [1.165, 1.54) is 39.8 Å². The van der Waals surface area contributed by atoms with Crippen molar-refractivity contribution in [3.05, 3.63) is 108 Å². The van der Waals surface area contributed by atoms with E-state index >= 15 is 0 Å². The minimum atomic E-state index is -5.23. The van der Waals surface area contributed by atoms with Crippen LogP contribution in [0.2, 0.25) is 0 Å². The van der Waals surface area contributed by atoms with E-state index in [4.69, 9.17) is 0 Å². The van der Waals surface area contributed by atoms with E-state index < -0.39 is 183 Å². The summed E-state index contributed by atoms with van der Waals surface area (Å²) in [6.07, 6.45) is -1.41. The highest BCUT2D eigenvalue weighted by Gasteiger charge is 2.35. The van der Waals surface area contributed by atoms with Crippen LogP contribution < -0.4 is 41.7 Å². The van der Waals surface area contributed by atoms with Crippen LogP contribution in [-0.4, -0.2) is 186 Å². The number of carbonyl (C=O) groups is 6. The van der Waals surface area contributed by atoms with Crippen LogP contribution in [0.1, 0.15) is 64.5 Å². The maximum absolute atomic E-state index is 13.2. The molecule has 40 heteroatoms. The summed E-state index contributed by atoms with van der Waals surface area (Å²) in [5.74, 6) is -13.0. The van der Waals surface area contributed by atoms with Gasteiger partial charge in [0.25, 0.3) is 40.5 Å². The van der Waals surface area contributed by atoms with Gasteiger partial charge in [0.05, 0.1) is 35.4 Å². The topological polar surface area (TPSA) is 557 Å². The zero-order valence-electron chi connectivity index (χ0n) is 49.7. The first kappa shape index (κ1) is 73.0. The van der Waals surface area contributed by atoms with Gasteiger partial charge in [0.1, 0.15) is 21.9 Å². The maximum Gasteiger partial charge on any atom is 0.327 e. The van der Waals surface area contributed by atoms with Crippen LogP contribution >= 0.6 is 0 Å². The number of hydrogen-bond acceptors (Lipinski definition) is 26. The number of benzene rings is 4. The summed E-state index contributed by atoms with van der Waals surface area (Å²) in [6, 6.07) is 18.5. The van der Waals surface area contributed by atoms with Crippen LogP contribution in [0.25, 0.3) is 12.2 Å². The predicted octanol–water partition coefficient (Wildman–Crippen LogP) is 3.51. The normalized spacial score (nSPS) is 12.8. The summed E-state index contributed by atoms with van der Waals surface area (Å²) in [5.41, 5.74) is -3.43. The number of nitrogens with one attached hydrogen (secondary N) is 6. The molecule has 6 rings (SSSR count). The minimum Gasteiger partial charge on any atom is -0.481 e. The lowest BCUT2D eigenvalue weighted by Crippen LogP contribution is -2.50. The van der Waals surface area contributed by atoms with Crippen LogP contribution in [0.5, 0.6) is 0 Å². The monoisotopic (exact) mass is 1390 g/mol. The second-order valence-electron chi connectivity index (χ2n) is 21.7. The van der Waals surface area contributed by atoms with Gasteiger partial charge in [-0.1, -0.05) is 60.7 Å². The molecule has 0 bridgehead atoms. The van der Waals surface area contributed by atoms with Crippen LogP contribution in [0.3, 0.4) is 0 Å². The Bertz CT molecular complexity index is 4070. The zero-order valence-corrected chi connectivity index (χ0v) is 53.0. The highest BCUT2D eigenvalue weighted by atomic mass is 32.2. The van der Waals surface area contributed by atoms with Crippen molar-refractivity contribution in [3.8, 4) is 0 Å². The van der Waals surface area contributed by atoms with E-state index in [2.05, 4.69) is 61.8 Å². The molecule has 0 fully saturated rings. The van der Waals surface area contributed by atoms with Gasteiger partial charge in [0, 0.05) is 48.7 Å². The van der Waals surface area contributed by atoms with Gasteiger partial charge in [-0.2, -0.15) is 63.6 Å². The van der Waals surface area contributed by atoms with Crippen molar-refractivity contribution in [2.24, 2.45) is 0 Å². The molecule has 36 nitrogen and oxygen atoms in total. The standard InChI is InChI=1S/C54H62N14O22S4/c1-53(2,29-91(79,80)81)65-41(69)21-23-67(37(45(75)76)27-43(71)72)51-61-47(55-33-11-7-5-8-12-33)59-49(63-51)57-35-19-17-31(39(25-35)93(85,86)87)15-16-32-18-20-36(26-40(32)94(88,89)90)58-50-60-48(56-34-13-9-6-10-14-34)62-52(64-50)68(38(46(77)78)28-44(73)74)24-22-42(70)66-54(3,4)30-92(82,83)84/h5-20,25-26,37-38H,21-24,27-30H2,1-4H3,(H,65,69)(H,66,70)(H,71,72)(H,73,74)(H,75,76)(H,77,78)(H,79,80,81)(H,82,83,84)(H,85,86,87)(H,88,89,90)(H2,55,57,59,61,63)(H2,56,58,60,62,64)/b16-15+. The molecule has 0 spiro atoms. The largest absolute Gasteiger partial charge is 0.481 e. The number of carboxylic acid groups (broad SMARTS) is 4. The van der Waals surface area contributed by atoms with Crippen LogP contribution in [0.15, 0.2) is 107 Å². The number of aliphatic carboxylic acids is 4. The fourth-order valence-electron chi connectivity index (χ4n) is 8.99. The van der Waals surface area contributed by atoms with Crippen LogP contribution in [-0.2, 0) is 69.2 Å². The molecule has 0 aliphatic heterocycles. The van der Waals surface area contributed by atoms with Gasteiger partial charge < -0.3 is 62.1 Å². The van der Waals surface area contributed by atoms with Gasteiger partial charge in [-0.15, -0.1) is 0 Å². The van der Waals surface area contributed by atoms with Crippen molar-refractivity contribution in [1.29, 1.82) is 0 Å². The summed E-state index contributed by atoms with van der Waals surface area (Å²) in [5, 5.41) is 56.1. The molecule has 6 aromatic rings. The van der Waals surface area contributed by atoms with Crippen molar-refractivity contribution >= 4 is 147 Å². The van der Waals surface area contributed by atoms with Crippen molar-refractivity contribution in [2.45, 2.75) is 86.3 Å². The van der Waals surface area contributed by atoms with Crippen LogP contribution in [0.4, 0.5) is 58.4 Å². The van der Waals surface area contributed by atoms with Gasteiger partial charge in [-0.05, 0) is 87.4 Å². The maximum atomic E-state index is 13.2. The number of amides is 2. The molecule has 2 atom stereocenters. The first-order valence-corrected chi connectivity index (χ1v) is 33.3. The second-order valence-corrected chi connectivity index (χ2v) is 27.4. The number of rotatable bonds is 34. The molecule has 504 valence electrons. The third-order valence-corrected chi connectivity index (χ3v) is 16.6. The second kappa shape index (κ2) is 30.1. The minimum absolute atomic E-state index is 0.204. The van der Waals surface area contributed by atoms with E-state index in [9.17, 15) is 101 Å². The number of carboxylic acids is 4. The smallest absolute Gasteiger partial charge is 0.327 e. The highest BCUT2D eigenvalue weighted by molar-refractivity contribution is 7.86. The van der Waals surface area contributed by atoms with E-state index in [0.29, 0.717) is 11.4 Å². The molecule has 0 aliphatic rings. The molecule has 0 saturated heterocycles. The third-order valence-electron chi connectivity index (χ3n) is 12.6. The quantitative estimate of drug-likeness (QED) is 0.0203. The van der Waals surface area contributed by atoms with Crippen LogP contribution in [0, 0.1) is 0 Å². The Morgan fingerprint density at radius 1 is 0.457 bits per heavy atom. The Balaban J connectivity index is 1.38. The number of nitrogens with zero attached hydrogens (tertiary/aromatic N) is 8. The van der Waals surface area contributed by atoms with Gasteiger partial charge in [0.15, 0.2) is 0 Å². The Kier molecular flexibility index (Phi) is 23.4. The summed E-state index contributed by atoms with van der Waals surface area (Å²) in [7, 11) is -19.7.